The van der Waals surface area contributed by atoms with Crippen LogP contribution in [0.3, 0.4) is 0 Å². The van der Waals surface area contributed by atoms with Crippen molar-refractivity contribution >= 4 is 17.1 Å². The molecule has 0 bridgehead atoms. The average Bonchev–Trinajstić information content (AvgIpc) is 2.95. The minimum atomic E-state index is 0.179. The Morgan fingerprint density at radius 2 is 2.38 bits per heavy atom. The maximum Gasteiger partial charge on any atom is 0.223 e. The van der Waals surface area contributed by atoms with Gasteiger partial charge in [0, 0.05) is 38.2 Å². The highest BCUT2D eigenvalue weighted by molar-refractivity contribution is 5.77. The number of piperidine rings is 1. The van der Waals surface area contributed by atoms with E-state index in [0.29, 0.717) is 25.0 Å². The van der Waals surface area contributed by atoms with Gasteiger partial charge in [-0.25, -0.2) is 9.97 Å². The van der Waals surface area contributed by atoms with E-state index in [-0.39, 0.29) is 11.9 Å². The van der Waals surface area contributed by atoms with Gasteiger partial charge in [0.25, 0.3) is 0 Å². The van der Waals surface area contributed by atoms with E-state index in [4.69, 9.17) is 5.73 Å². The van der Waals surface area contributed by atoms with Crippen molar-refractivity contribution < 1.29 is 4.79 Å². The highest BCUT2D eigenvalue weighted by Gasteiger charge is 2.25. The zero-order valence-electron chi connectivity index (χ0n) is 12.1. The predicted molar refractivity (Wildman–Crippen MR) is 80.6 cm³/mol. The number of H-pyrrole nitrogens is 1. The molecule has 6 heteroatoms. The molecule has 1 unspecified atom stereocenters. The monoisotopic (exact) mass is 287 g/mol. The molecule has 0 spiro atoms. The number of carbonyl (C=O) groups is 1. The lowest BCUT2D eigenvalue weighted by atomic mass is 10.0. The smallest absolute Gasteiger partial charge is 0.223 e. The van der Waals surface area contributed by atoms with Crippen LogP contribution in [0.15, 0.2) is 18.3 Å². The Balaban J connectivity index is 1.62. The number of nitrogens with one attached hydrogen (secondary N) is 1. The predicted octanol–water partition coefficient (Wildman–Crippen LogP) is 1.23. The van der Waals surface area contributed by atoms with E-state index >= 15 is 0 Å². The first-order chi connectivity index (χ1) is 10.3. The number of likely N-dealkylation sites (tertiary alicyclic amines) is 1. The summed E-state index contributed by atoms with van der Waals surface area (Å²) in [6, 6.07) is 4.02. The summed E-state index contributed by atoms with van der Waals surface area (Å²) in [4.78, 5) is 26.1. The molecule has 0 aromatic carbocycles. The molecule has 1 saturated heterocycles. The maximum atomic E-state index is 12.4. The minimum absolute atomic E-state index is 0.179. The fourth-order valence-corrected chi connectivity index (χ4v) is 2.96. The van der Waals surface area contributed by atoms with Gasteiger partial charge < -0.3 is 15.6 Å². The third-order valence-corrected chi connectivity index (χ3v) is 4.10. The first-order valence-electron chi connectivity index (χ1n) is 7.57. The standard InChI is InChI=1S/C15H21N5O/c16-10-11-4-1-2-9-20(11)14(21)7-6-13-18-12-5-3-8-17-15(12)19-13/h3,5,8,11H,1-2,4,6-7,9-10,16H2,(H,17,18,19). The largest absolute Gasteiger partial charge is 0.341 e. The Morgan fingerprint density at radius 1 is 1.48 bits per heavy atom. The lowest BCUT2D eigenvalue weighted by Gasteiger charge is -2.35. The quantitative estimate of drug-likeness (QED) is 0.885. The number of imidazole rings is 1. The van der Waals surface area contributed by atoms with E-state index in [0.717, 1.165) is 30.7 Å². The fourth-order valence-electron chi connectivity index (χ4n) is 2.96. The maximum absolute atomic E-state index is 12.4. The van der Waals surface area contributed by atoms with Crippen molar-refractivity contribution in [2.24, 2.45) is 5.73 Å². The van der Waals surface area contributed by atoms with E-state index in [1.54, 1.807) is 6.20 Å². The number of aromatic nitrogens is 3. The summed E-state index contributed by atoms with van der Waals surface area (Å²) in [6.45, 7) is 1.39. The third-order valence-electron chi connectivity index (χ3n) is 4.10. The molecule has 0 aliphatic carbocycles. The van der Waals surface area contributed by atoms with Crippen molar-refractivity contribution in [3.63, 3.8) is 0 Å². The number of carbonyl (C=O) groups excluding carboxylic acids is 1. The van der Waals surface area contributed by atoms with Gasteiger partial charge in [0.05, 0.1) is 5.52 Å². The van der Waals surface area contributed by atoms with Crippen molar-refractivity contribution in [1.29, 1.82) is 0 Å². The van der Waals surface area contributed by atoms with Gasteiger partial charge in [-0.3, -0.25) is 4.79 Å². The minimum Gasteiger partial charge on any atom is -0.341 e. The zero-order valence-corrected chi connectivity index (χ0v) is 12.1. The van der Waals surface area contributed by atoms with Crippen molar-refractivity contribution in [2.75, 3.05) is 13.1 Å². The van der Waals surface area contributed by atoms with Crippen LogP contribution in [0.4, 0.5) is 0 Å². The number of pyridine rings is 1. The van der Waals surface area contributed by atoms with Crippen LogP contribution in [0.5, 0.6) is 0 Å². The number of nitrogens with zero attached hydrogens (tertiary/aromatic N) is 3. The van der Waals surface area contributed by atoms with Gasteiger partial charge in [0.15, 0.2) is 5.65 Å². The van der Waals surface area contributed by atoms with Gasteiger partial charge in [0.2, 0.25) is 5.91 Å². The van der Waals surface area contributed by atoms with E-state index in [1.807, 2.05) is 17.0 Å². The molecule has 0 radical (unpaired) electrons. The lowest BCUT2D eigenvalue weighted by Crippen LogP contribution is -2.47. The molecule has 1 fully saturated rings. The molecule has 3 N–H and O–H groups in total. The molecular formula is C15H21N5O. The summed E-state index contributed by atoms with van der Waals surface area (Å²) in [5.74, 6) is 0.997. The van der Waals surface area contributed by atoms with Crippen LogP contribution in [-0.2, 0) is 11.2 Å². The lowest BCUT2D eigenvalue weighted by molar-refractivity contribution is -0.134. The molecule has 112 valence electrons. The number of hydrogen-bond acceptors (Lipinski definition) is 4. The van der Waals surface area contributed by atoms with Crippen molar-refractivity contribution in [3.05, 3.63) is 24.2 Å². The topological polar surface area (TPSA) is 87.9 Å². The van der Waals surface area contributed by atoms with Crippen LogP contribution in [0, 0.1) is 0 Å². The summed E-state index contributed by atoms with van der Waals surface area (Å²) in [5, 5.41) is 0. The molecule has 21 heavy (non-hydrogen) atoms. The SMILES string of the molecule is NCC1CCCCN1C(=O)CCc1nc2ncccc2[nH]1. The number of hydrogen-bond donors (Lipinski definition) is 2. The Morgan fingerprint density at radius 3 is 3.19 bits per heavy atom. The number of aromatic amines is 1. The van der Waals surface area contributed by atoms with Gasteiger partial charge in [-0.1, -0.05) is 0 Å². The molecular weight excluding hydrogens is 266 g/mol. The number of fused-ring (bicyclic) bond motifs is 1. The van der Waals surface area contributed by atoms with Gasteiger partial charge in [-0.15, -0.1) is 0 Å². The molecule has 3 heterocycles. The van der Waals surface area contributed by atoms with E-state index in [1.165, 1.54) is 6.42 Å². The van der Waals surface area contributed by atoms with Crippen molar-refractivity contribution in [2.45, 2.75) is 38.1 Å². The summed E-state index contributed by atoms with van der Waals surface area (Å²) in [7, 11) is 0. The van der Waals surface area contributed by atoms with Gasteiger partial charge in [-0.05, 0) is 31.4 Å². The van der Waals surface area contributed by atoms with Crippen LogP contribution in [0.1, 0.15) is 31.5 Å². The fraction of sp³-hybridized carbons (Fsp3) is 0.533. The highest BCUT2D eigenvalue weighted by atomic mass is 16.2. The van der Waals surface area contributed by atoms with Crippen LogP contribution in [-0.4, -0.2) is 44.9 Å². The zero-order chi connectivity index (χ0) is 14.7. The van der Waals surface area contributed by atoms with Crippen LogP contribution in [0.25, 0.3) is 11.2 Å². The Labute approximate surface area is 123 Å². The Kier molecular flexibility index (Phi) is 4.15. The van der Waals surface area contributed by atoms with Gasteiger partial charge >= 0.3 is 0 Å². The second-order valence-electron chi connectivity index (χ2n) is 5.53. The normalized spacial score (nSPS) is 19.1. The number of aryl methyl sites for hydroxylation is 1. The summed E-state index contributed by atoms with van der Waals surface area (Å²) < 4.78 is 0. The average molecular weight is 287 g/mol. The third kappa shape index (κ3) is 3.05. The highest BCUT2D eigenvalue weighted by Crippen LogP contribution is 2.18. The van der Waals surface area contributed by atoms with Crippen LogP contribution in [0.2, 0.25) is 0 Å². The molecule has 2 aromatic rings. The molecule has 6 nitrogen and oxygen atoms in total. The Hall–Kier alpha value is -1.95. The number of amides is 1. The summed E-state index contributed by atoms with van der Waals surface area (Å²) in [6.07, 6.45) is 6.07. The van der Waals surface area contributed by atoms with Crippen LogP contribution < -0.4 is 5.73 Å². The van der Waals surface area contributed by atoms with Crippen molar-refractivity contribution in [1.82, 2.24) is 19.9 Å². The van der Waals surface area contributed by atoms with E-state index < -0.39 is 0 Å². The molecule has 2 aromatic heterocycles. The molecule has 1 aliphatic heterocycles. The second-order valence-corrected chi connectivity index (χ2v) is 5.53. The molecule has 1 aliphatic rings. The summed E-state index contributed by atoms with van der Waals surface area (Å²) in [5.41, 5.74) is 7.39. The second kappa shape index (κ2) is 6.22. The van der Waals surface area contributed by atoms with E-state index in [2.05, 4.69) is 15.0 Å². The Bertz CT molecular complexity index is 590. The summed E-state index contributed by atoms with van der Waals surface area (Å²) >= 11 is 0. The molecule has 0 saturated carbocycles. The molecule has 1 atom stereocenters. The van der Waals surface area contributed by atoms with E-state index in [9.17, 15) is 4.79 Å². The first kappa shape index (κ1) is 14.0. The van der Waals surface area contributed by atoms with Gasteiger partial charge in [-0.2, -0.15) is 0 Å². The number of nitrogens with two attached hydrogens (primary N) is 1. The number of rotatable bonds is 4. The first-order valence-corrected chi connectivity index (χ1v) is 7.57. The van der Waals surface area contributed by atoms with Gasteiger partial charge in [0.1, 0.15) is 5.82 Å². The van der Waals surface area contributed by atoms with Crippen molar-refractivity contribution in [3.8, 4) is 0 Å². The molecule has 1 amide bonds. The van der Waals surface area contributed by atoms with Crippen LogP contribution >= 0.6 is 0 Å². The molecule has 3 rings (SSSR count).